The van der Waals surface area contributed by atoms with Gasteiger partial charge in [0.25, 0.3) is 0 Å². The van der Waals surface area contributed by atoms with Crippen molar-refractivity contribution in [1.29, 1.82) is 0 Å². The van der Waals surface area contributed by atoms with Crippen molar-refractivity contribution in [2.45, 2.75) is 10.8 Å². The van der Waals surface area contributed by atoms with Crippen molar-refractivity contribution < 1.29 is 4.42 Å². The molecule has 3 heterocycles. The van der Waals surface area contributed by atoms with E-state index in [2.05, 4.69) is 282 Å². The highest BCUT2D eigenvalue weighted by atomic mass is 16.3. The lowest BCUT2D eigenvalue weighted by atomic mass is 9.65. The van der Waals surface area contributed by atoms with Crippen LogP contribution in [0, 0.1) is 0 Å². The molecule has 0 amide bonds. The van der Waals surface area contributed by atoms with Gasteiger partial charge < -0.3 is 13.9 Å². The molecule has 0 fully saturated rings. The summed E-state index contributed by atoms with van der Waals surface area (Å²) in [5.74, 6) is 0. The summed E-state index contributed by atoms with van der Waals surface area (Å²) in [6.45, 7) is 0. The van der Waals surface area contributed by atoms with Gasteiger partial charge in [0.05, 0.1) is 27.6 Å². The SMILES string of the molecule is c1ccc(C2(c3ccccc3)c3ccccc3-c3ccc(N(c4cccc(-c5ccc6oc7ccccc7c6c5)c4)c4ccc5c(c4)C4(c6ccccc6-5)c5ccccc5-n5c6ccccc6c6cccc4c65)cc32)cc1. The van der Waals surface area contributed by atoms with Crippen molar-refractivity contribution in [2.24, 2.45) is 0 Å². The van der Waals surface area contributed by atoms with E-state index in [4.69, 9.17) is 4.42 Å². The first-order valence-corrected chi connectivity index (χ1v) is 26.7. The summed E-state index contributed by atoms with van der Waals surface area (Å²) in [4.78, 5) is 2.52. The zero-order valence-electron chi connectivity index (χ0n) is 41.9. The Morgan fingerprint density at radius 2 is 0.818 bits per heavy atom. The van der Waals surface area contributed by atoms with Gasteiger partial charge in [-0.2, -0.15) is 0 Å². The Bertz CT molecular complexity index is 4730. The Morgan fingerprint density at radius 3 is 1.56 bits per heavy atom. The summed E-state index contributed by atoms with van der Waals surface area (Å²) in [5, 5.41) is 4.77. The zero-order chi connectivity index (χ0) is 50.4. The topological polar surface area (TPSA) is 21.3 Å². The molecule has 77 heavy (non-hydrogen) atoms. The molecule has 0 saturated heterocycles. The van der Waals surface area contributed by atoms with Gasteiger partial charge in [-0.1, -0.05) is 212 Å². The zero-order valence-corrected chi connectivity index (χ0v) is 41.9. The molecule has 0 bridgehead atoms. The molecule has 0 N–H and O–H groups in total. The smallest absolute Gasteiger partial charge is 0.135 e. The molecule has 0 radical (unpaired) electrons. The number of anilines is 3. The number of aromatic nitrogens is 1. The molecule has 3 nitrogen and oxygen atoms in total. The number of benzene rings is 12. The standard InChI is InChI=1S/C74H46N2O/c1-3-20-49(21-4-1)73(50-22-5-2-6-23-50)62-30-11-7-25-54(62)56-40-38-52(45-66(56)73)75(51-24-17-19-47(43-51)48-37-42-71-61(44-48)59-28-10-16-36-70(59)77-71)53-39-41-57-55-26-8-12-31-63(55)74(67(57)46-53)64-32-13-15-35-69(64)76-68-34-14-9-27-58(68)60-29-18-33-65(74)72(60)76/h1-46H. The van der Waals surface area contributed by atoms with Crippen molar-refractivity contribution in [1.82, 2.24) is 4.57 Å². The van der Waals surface area contributed by atoms with E-state index < -0.39 is 10.8 Å². The van der Waals surface area contributed by atoms with Crippen LogP contribution in [0.3, 0.4) is 0 Å². The summed E-state index contributed by atoms with van der Waals surface area (Å²) in [7, 11) is 0. The van der Waals surface area contributed by atoms with Crippen molar-refractivity contribution >= 4 is 60.8 Å². The summed E-state index contributed by atoms with van der Waals surface area (Å²) in [5.41, 5.74) is 25.0. The number of nitrogens with zero attached hydrogens (tertiary/aromatic N) is 2. The second-order valence-corrected chi connectivity index (χ2v) is 21.0. The number of fused-ring (bicyclic) bond motifs is 18. The van der Waals surface area contributed by atoms with Crippen LogP contribution < -0.4 is 4.90 Å². The predicted molar refractivity (Wildman–Crippen MR) is 316 cm³/mol. The molecule has 1 aliphatic heterocycles. The number of hydrogen-bond acceptors (Lipinski definition) is 2. The van der Waals surface area contributed by atoms with Crippen molar-refractivity contribution in [2.75, 3.05) is 4.90 Å². The van der Waals surface area contributed by atoms with Crippen LogP contribution in [0.2, 0.25) is 0 Å². The first-order chi connectivity index (χ1) is 38.2. The minimum atomic E-state index is -0.617. The molecule has 14 aromatic rings. The highest BCUT2D eigenvalue weighted by molar-refractivity contribution is 6.13. The van der Waals surface area contributed by atoms with Gasteiger partial charge in [-0.05, 0) is 145 Å². The lowest BCUT2D eigenvalue weighted by Gasteiger charge is -2.40. The lowest BCUT2D eigenvalue weighted by Crippen LogP contribution is -2.33. The Morgan fingerprint density at radius 1 is 0.299 bits per heavy atom. The molecule has 3 heteroatoms. The third kappa shape index (κ3) is 5.59. The molecule has 12 aromatic carbocycles. The van der Waals surface area contributed by atoms with Gasteiger partial charge in [0.2, 0.25) is 0 Å². The second kappa shape index (κ2) is 15.8. The van der Waals surface area contributed by atoms with Crippen LogP contribution in [0.5, 0.6) is 0 Å². The molecule has 17 rings (SSSR count). The Kier molecular flexibility index (Phi) is 8.69. The van der Waals surface area contributed by atoms with E-state index in [9.17, 15) is 0 Å². The molecule has 2 aliphatic carbocycles. The normalized spacial score (nSPS) is 15.2. The molecule has 1 atom stereocenters. The van der Waals surface area contributed by atoms with Gasteiger partial charge in [0.1, 0.15) is 11.2 Å². The third-order valence-corrected chi connectivity index (χ3v) is 17.4. The molecule has 358 valence electrons. The van der Waals surface area contributed by atoms with Gasteiger partial charge in [0.15, 0.2) is 0 Å². The predicted octanol–water partition coefficient (Wildman–Crippen LogP) is 18.9. The van der Waals surface area contributed by atoms with Crippen molar-refractivity contribution in [3.8, 4) is 39.1 Å². The largest absolute Gasteiger partial charge is 0.456 e. The summed E-state index contributed by atoms with van der Waals surface area (Å²) in [6.07, 6.45) is 0. The van der Waals surface area contributed by atoms with Gasteiger partial charge >= 0.3 is 0 Å². The van der Waals surface area contributed by atoms with E-state index in [0.29, 0.717) is 0 Å². The van der Waals surface area contributed by atoms with Crippen LogP contribution in [0.25, 0.3) is 82.8 Å². The molecule has 1 spiro atoms. The highest BCUT2D eigenvalue weighted by Crippen LogP contribution is 2.63. The van der Waals surface area contributed by atoms with E-state index in [1.54, 1.807) is 0 Å². The van der Waals surface area contributed by atoms with Gasteiger partial charge in [-0.25, -0.2) is 0 Å². The maximum absolute atomic E-state index is 6.33. The van der Waals surface area contributed by atoms with Gasteiger partial charge in [0, 0.05) is 38.6 Å². The Labute approximate surface area is 445 Å². The first kappa shape index (κ1) is 42.4. The van der Waals surface area contributed by atoms with E-state index in [-0.39, 0.29) is 0 Å². The second-order valence-electron chi connectivity index (χ2n) is 21.0. The van der Waals surface area contributed by atoms with Gasteiger partial charge in [-0.3, -0.25) is 0 Å². The summed E-state index contributed by atoms with van der Waals surface area (Å²) >= 11 is 0. The van der Waals surface area contributed by atoms with Crippen LogP contribution in [0.1, 0.15) is 44.5 Å². The molecular formula is C74H46N2O. The van der Waals surface area contributed by atoms with Crippen LogP contribution >= 0.6 is 0 Å². The third-order valence-electron chi connectivity index (χ3n) is 17.4. The number of furan rings is 1. The number of hydrogen-bond donors (Lipinski definition) is 0. The van der Waals surface area contributed by atoms with Crippen LogP contribution in [0.4, 0.5) is 17.1 Å². The van der Waals surface area contributed by atoms with Crippen molar-refractivity contribution in [3.63, 3.8) is 0 Å². The van der Waals surface area contributed by atoms with Crippen LogP contribution in [0.15, 0.2) is 283 Å². The summed E-state index contributed by atoms with van der Waals surface area (Å²) in [6, 6.07) is 104. The molecule has 0 saturated carbocycles. The van der Waals surface area contributed by atoms with E-state index in [1.165, 1.54) is 94.3 Å². The Hall–Kier alpha value is -9.96. The maximum atomic E-state index is 6.33. The minimum Gasteiger partial charge on any atom is -0.456 e. The number of rotatable bonds is 6. The molecular weight excluding hydrogens is 933 g/mol. The van der Waals surface area contributed by atoms with E-state index >= 15 is 0 Å². The minimum absolute atomic E-state index is 0.576. The molecule has 1 unspecified atom stereocenters. The quantitative estimate of drug-likeness (QED) is 0.166. The van der Waals surface area contributed by atoms with Crippen molar-refractivity contribution in [3.05, 3.63) is 324 Å². The molecule has 2 aromatic heterocycles. The van der Waals surface area contributed by atoms with E-state index in [1.807, 2.05) is 6.07 Å². The average Bonchev–Trinajstić information content (AvgIpc) is 4.06. The fourth-order valence-corrected chi connectivity index (χ4v) is 14.4. The monoisotopic (exact) mass is 978 g/mol. The fraction of sp³-hybridized carbons (Fsp3) is 0.0270. The van der Waals surface area contributed by atoms with Gasteiger partial charge in [-0.15, -0.1) is 0 Å². The van der Waals surface area contributed by atoms with Crippen LogP contribution in [-0.2, 0) is 10.8 Å². The first-order valence-electron chi connectivity index (χ1n) is 26.7. The lowest BCUT2D eigenvalue weighted by molar-refractivity contribution is 0.669. The highest BCUT2D eigenvalue weighted by Gasteiger charge is 2.51. The fourth-order valence-electron chi connectivity index (χ4n) is 14.4. The summed E-state index contributed by atoms with van der Waals surface area (Å²) < 4.78 is 8.86. The maximum Gasteiger partial charge on any atom is 0.135 e. The Balaban J connectivity index is 0.946. The average molecular weight is 979 g/mol. The number of para-hydroxylation sites is 4. The molecule has 3 aliphatic rings. The van der Waals surface area contributed by atoms with Crippen LogP contribution in [-0.4, -0.2) is 4.57 Å². The van der Waals surface area contributed by atoms with E-state index in [0.717, 1.165) is 50.1 Å².